The van der Waals surface area contributed by atoms with Crippen molar-refractivity contribution < 1.29 is 8.42 Å². The Balaban J connectivity index is 2.20. The van der Waals surface area contributed by atoms with Crippen molar-refractivity contribution >= 4 is 59.0 Å². The molecule has 0 unspecified atom stereocenters. The number of halogens is 2. The molecule has 5 nitrogen and oxygen atoms in total. The first kappa shape index (κ1) is 14.9. The molecular formula is C10H9Br2N3O2S2. The molecule has 0 saturated carbocycles. The van der Waals surface area contributed by atoms with E-state index in [-0.39, 0.29) is 17.3 Å². The van der Waals surface area contributed by atoms with Crippen molar-refractivity contribution in [3.05, 3.63) is 37.5 Å². The first-order chi connectivity index (χ1) is 8.88. The second-order valence-electron chi connectivity index (χ2n) is 3.57. The molecule has 102 valence electrons. The predicted molar refractivity (Wildman–Crippen MR) is 82.4 cm³/mol. The number of nitrogens with one attached hydrogen (secondary N) is 1. The molecule has 0 fully saturated rings. The molecule has 0 atom stereocenters. The van der Waals surface area contributed by atoms with E-state index in [0.29, 0.717) is 4.47 Å². The molecule has 2 rings (SSSR count). The van der Waals surface area contributed by atoms with E-state index in [0.717, 1.165) is 8.66 Å². The molecule has 0 aliphatic carbocycles. The van der Waals surface area contributed by atoms with Gasteiger partial charge in [-0.15, -0.1) is 11.3 Å². The van der Waals surface area contributed by atoms with Crippen LogP contribution in [0.4, 0.5) is 5.82 Å². The van der Waals surface area contributed by atoms with Crippen LogP contribution in [0.5, 0.6) is 0 Å². The summed E-state index contributed by atoms with van der Waals surface area (Å²) in [5.41, 5.74) is 5.59. The summed E-state index contributed by atoms with van der Waals surface area (Å²) in [6.07, 6.45) is 1.45. The van der Waals surface area contributed by atoms with Crippen LogP contribution in [-0.4, -0.2) is 13.4 Å². The number of nitrogen functional groups attached to an aromatic ring is 1. The number of pyridine rings is 1. The van der Waals surface area contributed by atoms with Gasteiger partial charge in [-0.25, -0.2) is 18.1 Å². The van der Waals surface area contributed by atoms with Gasteiger partial charge < -0.3 is 5.73 Å². The third kappa shape index (κ3) is 3.76. The lowest BCUT2D eigenvalue weighted by Gasteiger charge is -2.08. The van der Waals surface area contributed by atoms with Crippen molar-refractivity contribution in [2.75, 3.05) is 5.73 Å². The molecule has 0 aromatic carbocycles. The molecule has 0 saturated heterocycles. The fourth-order valence-corrected chi connectivity index (χ4v) is 4.45. The van der Waals surface area contributed by atoms with Crippen molar-refractivity contribution in [3.63, 3.8) is 0 Å². The maximum atomic E-state index is 12.1. The number of hydrogen-bond donors (Lipinski definition) is 2. The van der Waals surface area contributed by atoms with Crippen LogP contribution in [0.2, 0.25) is 0 Å². The van der Waals surface area contributed by atoms with Gasteiger partial charge in [-0.3, -0.25) is 0 Å². The summed E-state index contributed by atoms with van der Waals surface area (Å²) in [6.45, 7) is 0.213. The minimum absolute atomic E-state index is 0.0249. The van der Waals surface area contributed by atoms with Crippen LogP contribution in [0.25, 0.3) is 0 Å². The molecule has 2 heterocycles. The zero-order chi connectivity index (χ0) is 14.0. The molecule has 3 N–H and O–H groups in total. The van der Waals surface area contributed by atoms with Gasteiger partial charge in [0.2, 0.25) is 10.0 Å². The van der Waals surface area contributed by atoms with Crippen LogP contribution in [0, 0.1) is 0 Å². The summed E-state index contributed by atoms with van der Waals surface area (Å²) in [5, 5.41) is 0. The van der Waals surface area contributed by atoms with Gasteiger partial charge in [0.1, 0.15) is 10.7 Å². The fraction of sp³-hybridized carbons (Fsp3) is 0.100. The van der Waals surface area contributed by atoms with Gasteiger partial charge in [-0.05, 0) is 50.1 Å². The van der Waals surface area contributed by atoms with Gasteiger partial charge >= 0.3 is 0 Å². The van der Waals surface area contributed by atoms with Crippen LogP contribution in [-0.2, 0) is 16.6 Å². The van der Waals surface area contributed by atoms with E-state index >= 15 is 0 Å². The molecule has 0 radical (unpaired) electrons. The quantitative estimate of drug-likeness (QED) is 0.786. The Bertz CT molecular complexity index is 701. The van der Waals surface area contributed by atoms with Gasteiger partial charge in [0, 0.05) is 22.1 Å². The van der Waals surface area contributed by atoms with Gasteiger partial charge in [0.15, 0.2) is 0 Å². The van der Waals surface area contributed by atoms with Gasteiger partial charge in [-0.2, -0.15) is 0 Å². The van der Waals surface area contributed by atoms with Crippen molar-refractivity contribution in [3.8, 4) is 0 Å². The summed E-state index contributed by atoms with van der Waals surface area (Å²) in [5.74, 6) is -0.0249. The molecule has 0 aliphatic rings. The molecule has 0 bridgehead atoms. The highest BCUT2D eigenvalue weighted by atomic mass is 79.9. The largest absolute Gasteiger partial charge is 0.383 e. The van der Waals surface area contributed by atoms with Crippen LogP contribution in [0.15, 0.2) is 37.6 Å². The summed E-state index contributed by atoms with van der Waals surface area (Å²) >= 11 is 7.96. The maximum Gasteiger partial charge on any atom is 0.244 e. The second-order valence-corrected chi connectivity index (χ2v) is 8.77. The molecule has 19 heavy (non-hydrogen) atoms. The highest BCUT2D eigenvalue weighted by Crippen LogP contribution is 2.23. The van der Waals surface area contributed by atoms with E-state index < -0.39 is 10.0 Å². The predicted octanol–water partition coefficient (Wildman–Crippen LogP) is 2.73. The standard InChI is InChI=1S/C10H9Br2N3O2S2/c11-6-3-8(10(13)14-4-6)19(16,17)15-5-7-1-2-9(12)18-7/h1-4,15H,5H2,(H2,13,14). The zero-order valence-corrected chi connectivity index (χ0v) is 14.2. The molecule has 2 aromatic heterocycles. The first-order valence-corrected chi connectivity index (χ1v) is 8.92. The molecule has 0 spiro atoms. The minimum atomic E-state index is -3.68. The Morgan fingerprint density at radius 1 is 1.37 bits per heavy atom. The third-order valence-electron chi connectivity index (χ3n) is 2.20. The van der Waals surface area contributed by atoms with E-state index in [9.17, 15) is 8.42 Å². The molecule has 0 amide bonds. The molecule has 9 heteroatoms. The number of sulfonamides is 1. The first-order valence-electron chi connectivity index (χ1n) is 5.03. The van der Waals surface area contributed by atoms with Crippen LogP contribution in [0.3, 0.4) is 0 Å². The molecule has 0 aliphatic heterocycles. The Hall–Kier alpha value is -0.480. The normalized spacial score (nSPS) is 11.7. The van der Waals surface area contributed by atoms with Crippen molar-refractivity contribution in [2.45, 2.75) is 11.4 Å². The van der Waals surface area contributed by atoms with Crippen molar-refractivity contribution in [2.24, 2.45) is 0 Å². The Kier molecular flexibility index (Phi) is 4.62. The lowest BCUT2D eigenvalue weighted by molar-refractivity contribution is 0.582. The number of rotatable bonds is 4. The smallest absolute Gasteiger partial charge is 0.244 e. The number of anilines is 1. The summed E-state index contributed by atoms with van der Waals surface area (Å²) < 4.78 is 28.3. The van der Waals surface area contributed by atoms with E-state index in [4.69, 9.17) is 5.73 Å². The molecular weight excluding hydrogens is 418 g/mol. The summed E-state index contributed by atoms with van der Waals surface area (Å²) in [4.78, 5) is 4.68. The lowest BCUT2D eigenvalue weighted by Crippen LogP contribution is -2.24. The van der Waals surface area contributed by atoms with Crippen molar-refractivity contribution in [1.29, 1.82) is 0 Å². The van der Waals surface area contributed by atoms with E-state index in [2.05, 4.69) is 41.6 Å². The van der Waals surface area contributed by atoms with E-state index in [1.165, 1.54) is 23.6 Å². The fourth-order valence-electron chi connectivity index (χ4n) is 1.34. The van der Waals surface area contributed by atoms with Gasteiger partial charge in [0.05, 0.1) is 3.79 Å². The third-order valence-corrected chi connectivity index (χ3v) is 5.69. The topological polar surface area (TPSA) is 85.1 Å². The highest BCUT2D eigenvalue weighted by molar-refractivity contribution is 9.11. The number of aromatic nitrogens is 1. The lowest BCUT2D eigenvalue weighted by atomic mass is 10.5. The highest BCUT2D eigenvalue weighted by Gasteiger charge is 2.18. The number of nitrogens with zero attached hydrogens (tertiary/aromatic N) is 1. The minimum Gasteiger partial charge on any atom is -0.383 e. The van der Waals surface area contributed by atoms with E-state index in [1.54, 1.807) is 0 Å². The maximum absolute atomic E-state index is 12.1. The average molecular weight is 427 g/mol. The van der Waals surface area contributed by atoms with Crippen LogP contribution in [0.1, 0.15) is 4.88 Å². The average Bonchev–Trinajstić information content (AvgIpc) is 2.76. The Labute approximate surface area is 131 Å². The SMILES string of the molecule is Nc1ncc(Br)cc1S(=O)(=O)NCc1ccc(Br)s1. The number of hydrogen-bond acceptors (Lipinski definition) is 5. The molecule has 2 aromatic rings. The second kappa shape index (κ2) is 5.88. The van der Waals surface area contributed by atoms with Gasteiger partial charge in [-0.1, -0.05) is 0 Å². The van der Waals surface area contributed by atoms with E-state index in [1.807, 2.05) is 12.1 Å². The van der Waals surface area contributed by atoms with Gasteiger partial charge in [0.25, 0.3) is 0 Å². The number of nitrogens with two attached hydrogens (primary N) is 1. The zero-order valence-electron chi connectivity index (χ0n) is 9.43. The summed E-state index contributed by atoms with van der Waals surface area (Å²) in [7, 11) is -3.68. The Morgan fingerprint density at radius 2 is 2.11 bits per heavy atom. The van der Waals surface area contributed by atoms with Crippen LogP contribution < -0.4 is 10.5 Å². The van der Waals surface area contributed by atoms with Crippen LogP contribution >= 0.6 is 43.2 Å². The Morgan fingerprint density at radius 3 is 2.74 bits per heavy atom. The van der Waals surface area contributed by atoms with Crippen molar-refractivity contribution in [1.82, 2.24) is 9.71 Å². The summed E-state index contributed by atoms with van der Waals surface area (Å²) in [6, 6.07) is 5.14. The number of thiophene rings is 1. The monoisotopic (exact) mass is 425 g/mol.